The molecule has 27 heavy (non-hydrogen) atoms. The van der Waals surface area contributed by atoms with E-state index in [1.807, 2.05) is 30.5 Å². The van der Waals surface area contributed by atoms with Crippen molar-refractivity contribution < 1.29 is 9.59 Å². The molecule has 3 N–H and O–H groups in total. The van der Waals surface area contributed by atoms with E-state index in [1.54, 1.807) is 41.4 Å². The standard InChI is InChI=1S/C18H15ClN4O2S2/c1-26-15-8-3-2-7-13(15)21-16(24)14-10-27-18(22-14)23-17(25)20-12-6-4-5-11(19)9-12/h2-10H,1H3,(H,21,24)(H2,20,22,23,25). The zero-order valence-corrected chi connectivity index (χ0v) is 16.5. The van der Waals surface area contributed by atoms with Gasteiger partial charge in [-0.15, -0.1) is 23.1 Å². The minimum Gasteiger partial charge on any atom is -0.320 e. The molecule has 0 aliphatic carbocycles. The van der Waals surface area contributed by atoms with Crippen LogP contribution in [0.4, 0.5) is 21.3 Å². The first-order valence-electron chi connectivity index (χ1n) is 7.78. The second-order valence-corrected chi connectivity index (χ2v) is 7.42. The molecule has 0 bridgehead atoms. The highest BCUT2D eigenvalue weighted by Crippen LogP contribution is 2.25. The van der Waals surface area contributed by atoms with Gasteiger partial charge in [-0.05, 0) is 36.6 Å². The lowest BCUT2D eigenvalue weighted by atomic mass is 10.3. The maximum absolute atomic E-state index is 12.4. The summed E-state index contributed by atoms with van der Waals surface area (Å²) in [7, 11) is 0. The Hall–Kier alpha value is -2.55. The summed E-state index contributed by atoms with van der Waals surface area (Å²) in [5.41, 5.74) is 1.51. The van der Waals surface area contributed by atoms with Gasteiger partial charge in [0.05, 0.1) is 5.69 Å². The van der Waals surface area contributed by atoms with Crippen molar-refractivity contribution in [2.75, 3.05) is 22.2 Å². The zero-order chi connectivity index (χ0) is 19.2. The van der Waals surface area contributed by atoms with Gasteiger partial charge < -0.3 is 10.6 Å². The third kappa shape index (κ3) is 5.22. The summed E-state index contributed by atoms with van der Waals surface area (Å²) in [5.74, 6) is -0.337. The molecule has 2 aromatic carbocycles. The first-order chi connectivity index (χ1) is 13.0. The number of thiazole rings is 1. The van der Waals surface area contributed by atoms with E-state index in [2.05, 4.69) is 20.9 Å². The van der Waals surface area contributed by atoms with Crippen molar-refractivity contribution in [2.45, 2.75) is 4.90 Å². The SMILES string of the molecule is CSc1ccccc1NC(=O)c1csc(NC(=O)Nc2cccc(Cl)c2)n1. The van der Waals surface area contributed by atoms with E-state index in [4.69, 9.17) is 11.6 Å². The number of nitrogens with one attached hydrogen (secondary N) is 3. The number of rotatable bonds is 5. The number of carbonyl (C=O) groups is 2. The largest absolute Gasteiger partial charge is 0.325 e. The molecule has 1 heterocycles. The van der Waals surface area contributed by atoms with E-state index >= 15 is 0 Å². The van der Waals surface area contributed by atoms with Crippen LogP contribution in [-0.2, 0) is 0 Å². The van der Waals surface area contributed by atoms with Crippen molar-refractivity contribution in [1.82, 2.24) is 4.98 Å². The van der Waals surface area contributed by atoms with E-state index in [1.165, 1.54) is 11.3 Å². The Balaban J connectivity index is 1.62. The monoisotopic (exact) mass is 418 g/mol. The highest BCUT2D eigenvalue weighted by molar-refractivity contribution is 7.98. The third-order valence-electron chi connectivity index (χ3n) is 3.39. The van der Waals surface area contributed by atoms with E-state index in [-0.39, 0.29) is 11.6 Å². The van der Waals surface area contributed by atoms with Gasteiger partial charge in [0, 0.05) is 21.0 Å². The predicted octanol–water partition coefficient (Wildman–Crippen LogP) is 5.41. The van der Waals surface area contributed by atoms with Gasteiger partial charge >= 0.3 is 6.03 Å². The van der Waals surface area contributed by atoms with Gasteiger partial charge in [-0.2, -0.15) is 0 Å². The van der Waals surface area contributed by atoms with Crippen LogP contribution in [0.5, 0.6) is 0 Å². The van der Waals surface area contributed by atoms with E-state index < -0.39 is 6.03 Å². The Bertz CT molecular complexity index is 977. The smallest absolute Gasteiger partial charge is 0.320 e. The minimum absolute atomic E-state index is 0.231. The molecular formula is C18H15ClN4O2S2. The van der Waals surface area contributed by atoms with Crippen LogP contribution < -0.4 is 16.0 Å². The van der Waals surface area contributed by atoms with Gasteiger partial charge in [0.2, 0.25) is 0 Å². The summed E-state index contributed by atoms with van der Waals surface area (Å²) < 4.78 is 0. The number of para-hydroxylation sites is 1. The quantitative estimate of drug-likeness (QED) is 0.483. The molecule has 0 radical (unpaired) electrons. The molecule has 3 amide bonds. The van der Waals surface area contributed by atoms with Crippen LogP contribution in [0, 0.1) is 0 Å². The average Bonchev–Trinajstić information content (AvgIpc) is 3.10. The molecule has 0 fully saturated rings. The Labute approximate surface area is 169 Å². The Morgan fingerprint density at radius 1 is 1.07 bits per heavy atom. The number of hydrogen-bond donors (Lipinski definition) is 3. The summed E-state index contributed by atoms with van der Waals surface area (Å²) in [4.78, 5) is 29.6. The molecule has 138 valence electrons. The van der Waals surface area contributed by atoms with Crippen LogP contribution in [0.3, 0.4) is 0 Å². The summed E-state index contributed by atoms with van der Waals surface area (Å²) >= 11 is 8.59. The van der Waals surface area contributed by atoms with Crippen molar-refractivity contribution in [3.63, 3.8) is 0 Å². The van der Waals surface area contributed by atoms with Crippen LogP contribution in [0.15, 0.2) is 58.8 Å². The summed E-state index contributed by atoms with van der Waals surface area (Å²) in [6.45, 7) is 0. The molecule has 1 aromatic heterocycles. The van der Waals surface area contributed by atoms with Gasteiger partial charge in [0.25, 0.3) is 5.91 Å². The molecule has 9 heteroatoms. The fraction of sp³-hybridized carbons (Fsp3) is 0.0556. The number of benzene rings is 2. The Morgan fingerprint density at radius 2 is 1.89 bits per heavy atom. The molecule has 0 atom stereocenters. The Kier molecular flexibility index (Phi) is 6.33. The van der Waals surface area contributed by atoms with Crippen LogP contribution in [0.2, 0.25) is 5.02 Å². The van der Waals surface area contributed by atoms with Gasteiger partial charge in [0.15, 0.2) is 5.13 Å². The van der Waals surface area contributed by atoms with Crippen LogP contribution in [-0.4, -0.2) is 23.2 Å². The van der Waals surface area contributed by atoms with Crippen molar-refractivity contribution in [3.8, 4) is 0 Å². The molecule has 3 aromatic rings. The minimum atomic E-state index is -0.466. The van der Waals surface area contributed by atoms with Crippen molar-refractivity contribution in [3.05, 3.63) is 64.6 Å². The third-order valence-corrected chi connectivity index (χ3v) is 5.18. The molecule has 3 rings (SSSR count). The van der Waals surface area contributed by atoms with E-state index in [9.17, 15) is 9.59 Å². The van der Waals surface area contributed by atoms with Crippen molar-refractivity contribution >= 4 is 63.1 Å². The summed E-state index contributed by atoms with van der Waals surface area (Å²) in [6, 6.07) is 13.8. The van der Waals surface area contributed by atoms with Crippen LogP contribution in [0.25, 0.3) is 0 Å². The number of hydrogen-bond acceptors (Lipinski definition) is 5. The van der Waals surface area contributed by atoms with Crippen molar-refractivity contribution in [2.24, 2.45) is 0 Å². The molecule has 0 saturated carbocycles. The van der Waals surface area contributed by atoms with Gasteiger partial charge in [-0.25, -0.2) is 9.78 Å². The first kappa shape index (κ1) is 19.2. The normalized spacial score (nSPS) is 10.3. The summed E-state index contributed by atoms with van der Waals surface area (Å²) in [5, 5.41) is 10.5. The van der Waals surface area contributed by atoms with E-state index in [0.29, 0.717) is 15.8 Å². The predicted molar refractivity (Wildman–Crippen MR) is 112 cm³/mol. The molecule has 0 aliphatic heterocycles. The molecule has 0 aliphatic rings. The fourth-order valence-corrected chi connectivity index (χ4v) is 3.63. The topological polar surface area (TPSA) is 83.1 Å². The lowest BCUT2D eigenvalue weighted by Crippen LogP contribution is -2.19. The number of carbonyl (C=O) groups excluding carboxylic acids is 2. The first-order valence-corrected chi connectivity index (χ1v) is 10.3. The number of thioether (sulfide) groups is 1. The zero-order valence-electron chi connectivity index (χ0n) is 14.2. The Morgan fingerprint density at radius 3 is 2.67 bits per heavy atom. The number of nitrogens with zero attached hydrogens (tertiary/aromatic N) is 1. The fourth-order valence-electron chi connectivity index (χ4n) is 2.20. The lowest BCUT2D eigenvalue weighted by molar-refractivity contribution is 0.102. The lowest BCUT2D eigenvalue weighted by Gasteiger charge is -2.07. The highest BCUT2D eigenvalue weighted by atomic mass is 35.5. The molecule has 6 nitrogen and oxygen atoms in total. The maximum atomic E-state index is 12.4. The van der Waals surface area contributed by atoms with Gasteiger partial charge in [0.1, 0.15) is 5.69 Å². The second-order valence-electron chi connectivity index (χ2n) is 5.28. The van der Waals surface area contributed by atoms with Gasteiger partial charge in [-0.1, -0.05) is 29.8 Å². The molecule has 0 unspecified atom stereocenters. The van der Waals surface area contributed by atoms with Crippen LogP contribution >= 0.6 is 34.7 Å². The summed E-state index contributed by atoms with van der Waals surface area (Å²) in [6.07, 6.45) is 1.94. The van der Waals surface area contributed by atoms with Crippen LogP contribution in [0.1, 0.15) is 10.5 Å². The number of anilines is 3. The number of aromatic nitrogens is 1. The average molecular weight is 419 g/mol. The van der Waals surface area contributed by atoms with E-state index in [0.717, 1.165) is 10.6 Å². The second kappa shape index (κ2) is 8.90. The van der Waals surface area contributed by atoms with Gasteiger partial charge in [-0.3, -0.25) is 10.1 Å². The number of amides is 3. The maximum Gasteiger partial charge on any atom is 0.325 e. The molecular weight excluding hydrogens is 404 g/mol. The number of urea groups is 1. The number of halogens is 1. The molecule has 0 saturated heterocycles. The highest BCUT2D eigenvalue weighted by Gasteiger charge is 2.14. The molecule has 0 spiro atoms. The van der Waals surface area contributed by atoms with Crippen molar-refractivity contribution in [1.29, 1.82) is 0 Å².